The third-order valence-corrected chi connectivity index (χ3v) is 4.35. The maximum absolute atomic E-state index is 13.1. The van der Waals surface area contributed by atoms with Crippen LogP contribution in [-0.4, -0.2) is 25.1 Å². The number of ether oxygens (including phenoxy) is 2. The fourth-order valence-electron chi connectivity index (χ4n) is 3.22. The van der Waals surface area contributed by atoms with E-state index in [4.69, 9.17) is 9.47 Å². The molecule has 0 N–H and O–H groups in total. The smallest absolute Gasteiger partial charge is 0.198 e. The van der Waals surface area contributed by atoms with Gasteiger partial charge in [-0.3, -0.25) is 4.79 Å². The lowest BCUT2D eigenvalue weighted by atomic mass is 9.74. The van der Waals surface area contributed by atoms with Crippen molar-refractivity contribution in [2.45, 2.75) is 51.6 Å². The van der Waals surface area contributed by atoms with Crippen LogP contribution in [0.5, 0.6) is 5.75 Å². The first-order chi connectivity index (χ1) is 10.1. The first-order valence-corrected chi connectivity index (χ1v) is 7.94. The minimum atomic E-state index is -0.677. The van der Waals surface area contributed by atoms with E-state index in [1.54, 1.807) is 7.11 Å². The first-order valence-electron chi connectivity index (χ1n) is 7.94. The Morgan fingerprint density at radius 3 is 2.81 bits per heavy atom. The largest absolute Gasteiger partial charge is 0.493 e. The minimum absolute atomic E-state index is 0.0725. The summed E-state index contributed by atoms with van der Waals surface area (Å²) in [5, 5.41) is 0. The van der Waals surface area contributed by atoms with Crippen molar-refractivity contribution in [1.29, 1.82) is 0 Å². The van der Waals surface area contributed by atoms with E-state index in [0.29, 0.717) is 23.8 Å². The molecule has 0 spiro atoms. The lowest BCUT2D eigenvalue weighted by molar-refractivity contribution is -0.0304. The first kappa shape index (κ1) is 16.0. The highest BCUT2D eigenvalue weighted by atomic mass is 16.5. The highest BCUT2D eigenvalue weighted by Crippen LogP contribution is 2.38. The normalized spacial score (nSPS) is 25.6. The maximum Gasteiger partial charge on any atom is 0.198 e. The summed E-state index contributed by atoms with van der Waals surface area (Å²) in [6, 6.07) is 7.53. The van der Waals surface area contributed by atoms with Gasteiger partial charge in [0.1, 0.15) is 11.4 Å². The van der Waals surface area contributed by atoms with Gasteiger partial charge in [0, 0.05) is 7.11 Å². The number of hydrogen-bond donors (Lipinski definition) is 0. The van der Waals surface area contributed by atoms with Crippen LogP contribution in [-0.2, 0) is 4.74 Å². The minimum Gasteiger partial charge on any atom is -0.493 e. The molecule has 0 saturated heterocycles. The fraction of sp³-hybridized carbons (Fsp3) is 0.611. The van der Waals surface area contributed by atoms with Crippen molar-refractivity contribution >= 4 is 5.78 Å². The van der Waals surface area contributed by atoms with Crippen molar-refractivity contribution in [1.82, 2.24) is 0 Å². The Bertz CT molecular complexity index is 483. The molecule has 21 heavy (non-hydrogen) atoms. The van der Waals surface area contributed by atoms with E-state index in [0.717, 1.165) is 25.7 Å². The summed E-state index contributed by atoms with van der Waals surface area (Å²) in [5.41, 5.74) is -0.0227. The molecule has 1 aromatic rings. The van der Waals surface area contributed by atoms with Crippen molar-refractivity contribution in [2.24, 2.45) is 5.92 Å². The Balaban J connectivity index is 2.29. The number of hydrogen-bond acceptors (Lipinski definition) is 3. The molecule has 0 radical (unpaired) electrons. The molecular formula is C18H26O3. The summed E-state index contributed by atoms with van der Waals surface area (Å²) < 4.78 is 11.5. The predicted molar refractivity (Wildman–Crippen MR) is 83.9 cm³/mol. The molecule has 3 heteroatoms. The summed E-state index contributed by atoms with van der Waals surface area (Å²) in [4.78, 5) is 13.1. The third kappa shape index (κ3) is 3.46. The lowest BCUT2D eigenvalue weighted by Crippen LogP contribution is -2.44. The van der Waals surface area contributed by atoms with Crippen molar-refractivity contribution in [2.75, 3.05) is 13.7 Å². The Morgan fingerprint density at radius 1 is 1.38 bits per heavy atom. The Labute approximate surface area is 127 Å². The number of carbonyl (C=O) groups excluding carboxylic acids is 1. The molecule has 116 valence electrons. The number of ketones is 1. The molecule has 1 aromatic carbocycles. The molecule has 0 amide bonds. The standard InChI is InChI=1S/C18H26O3/c1-4-12-21-16-10-6-5-9-15(16)17(19)18(20-3)11-7-8-14(2)13-18/h5-6,9-10,14H,4,7-8,11-13H2,1-3H3. The second-order valence-electron chi connectivity index (χ2n) is 6.07. The van der Waals surface area contributed by atoms with Gasteiger partial charge in [0.2, 0.25) is 0 Å². The zero-order valence-corrected chi connectivity index (χ0v) is 13.4. The summed E-state index contributed by atoms with van der Waals surface area (Å²) in [6.07, 6.45) is 4.74. The lowest BCUT2D eigenvalue weighted by Gasteiger charge is -2.37. The average Bonchev–Trinajstić information content (AvgIpc) is 2.52. The number of benzene rings is 1. The molecule has 0 aliphatic heterocycles. The molecule has 0 heterocycles. The van der Waals surface area contributed by atoms with Gasteiger partial charge in [0.05, 0.1) is 12.2 Å². The van der Waals surface area contributed by atoms with Gasteiger partial charge in [-0.05, 0) is 43.7 Å². The van der Waals surface area contributed by atoms with Gasteiger partial charge in [0.25, 0.3) is 0 Å². The van der Waals surface area contributed by atoms with Crippen molar-refractivity contribution < 1.29 is 14.3 Å². The number of para-hydroxylation sites is 1. The van der Waals surface area contributed by atoms with E-state index < -0.39 is 5.60 Å². The second kappa shape index (κ2) is 7.08. The molecule has 0 aromatic heterocycles. The highest BCUT2D eigenvalue weighted by Gasteiger charge is 2.43. The van der Waals surface area contributed by atoms with E-state index in [1.165, 1.54) is 6.42 Å². The molecular weight excluding hydrogens is 264 g/mol. The van der Waals surface area contributed by atoms with Gasteiger partial charge in [-0.2, -0.15) is 0 Å². The number of carbonyl (C=O) groups is 1. The molecule has 1 aliphatic carbocycles. The zero-order valence-electron chi connectivity index (χ0n) is 13.4. The van der Waals surface area contributed by atoms with Crippen molar-refractivity contribution in [3.8, 4) is 5.75 Å². The van der Waals surface area contributed by atoms with Crippen LogP contribution in [0.25, 0.3) is 0 Å². The van der Waals surface area contributed by atoms with E-state index in [-0.39, 0.29) is 5.78 Å². The molecule has 0 bridgehead atoms. The number of methoxy groups -OCH3 is 1. The van der Waals surface area contributed by atoms with Gasteiger partial charge < -0.3 is 9.47 Å². The quantitative estimate of drug-likeness (QED) is 0.735. The van der Waals surface area contributed by atoms with Crippen LogP contribution in [0.15, 0.2) is 24.3 Å². The third-order valence-electron chi connectivity index (χ3n) is 4.35. The van der Waals surface area contributed by atoms with E-state index >= 15 is 0 Å². The molecule has 2 rings (SSSR count). The van der Waals surface area contributed by atoms with Gasteiger partial charge in [0.15, 0.2) is 5.78 Å². The van der Waals surface area contributed by atoms with Crippen LogP contribution in [0.3, 0.4) is 0 Å². The summed E-state index contributed by atoms with van der Waals surface area (Å²) in [7, 11) is 1.66. The van der Waals surface area contributed by atoms with Gasteiger partial charge >= 0.3 is 0 Å². The second-order valence-corrected chi connectivity index (χ2v) is 6.07. The predicted octanol–water partition coefficient (Wildman–Crippen LogP) is 4.25. The van der Waals surface area contributed by atoms with E-state index in [1.807, 2.05) is 24.3 Å². The van der Waals surface area contributed by atoms with E-state index in [9.17, 15) is 4.79 Å². The summed E-state index contributed by atoms with van der Waals surface area (Å²) in [5.74, 6) is 1.27. The molecule has 2 unspecified atom stereocenters. The highest BCUT2D eigenvalue weighted by molar-refractivity contribution is 6.04. The van der Waals surface area contributed by atoms with Crippen molar-refractivity contribution in [3.05, 3.63) is 29.8 Å². The average molecular weight is 290 g/mol. The molecule has 1 saturated carbocycles. The van der Waals surface area contributed by atoms with Crippen molar-refractivity contribution in [3.63, 3.8) is 0 Å². The van der Waals surface area contributed by atoms with Gasteiger partial charge in [-0.1, -0.05) is 32.4 Å². The van der Waals surface area contributed by atoms with Crippen LogP contribution in [0.2, 0.25) is 0 Å². The Morgan fingerprint density at radius 2 is 2.14 bits per heavy atom. The van der Waals surface area contributed by atoms with Crippen LogP contribution >= 0.6 is 0 Å². The molecule has 1 aliphatic rings. The Hall–Kier alpha value is -1.35. The van der Waals surface area contributed by atoms with Gasteiger partial charge in [-0.15, -0.1) is 0 Å². The van der Waals surface area contributed by atoms with Gasteiger partial charge in [-0.25, -0.2) is 0 Å². The summed E-state index contributed by atoms with van der Waals surface area (Å²) >= 11 is 0. The SMILES string of the molecule is CCCOc1ccccc1C(=O)C1(OC)CCCC(C)C1. The number of rotatable bonds is 6. The van der Waals surface area contributed by atoms with E-state index in [2.05, 4.69) is 13.8 Å². The Kier molecular flexibility index (Phi) is 5.40. The molecule has 2 atom stereocenters. The van der Waals surface area contributed by atoms with Crippen LogP contribution < -0.4 is 4.74 Å². The van der Waals surface area contributed by atoms with Crippen LogP contribution in [0, 0.1) is 5.92 Å². The van der Waals surface area contributed by atoms with Crippen LogP contribution in [0.1, 0.15) is 56.3 Å². The fourth-order valence-corrected chi connectivity index (χ4v) is 3.22. The number of Topliss-reactive ketones (excluding diaryl/α,β-unsaturated/α-hetero) is 1. The topological polar surface area (TPSA) is 35.5 Å². The zero-order chi connectivity index (χ0) is 15.3. The molecule has 3 nitrogen and oxygen atoms in total. The maximum atomic E-state index is 13.1. The monoisotopic (exact) mass is 290 g/mol. The van der Waals surface area contributed by atoms with Crippen LogP contribution in [0.4, 0.5) is 0 Å². The molecule has 1 fully saturated rings. The summed E-state index contributed by atoms with van der Waals surface area (Å²) in [6.45, 7) is 4.88.